The van der Waals surface area contributed by atoms with Crippen LogP contribution >= 0.6 is 0 Å². The number of carbonyl (C=O) groups excluding carboxylic acids is 2. The van der Waals surface area contributed by atoms with Crippen LogP contribution in [0.2, 0.25) is 0 Å². The summed E-state index contributed by atoms with van der Waals surface area (Å²) in [5.41, 5.74) is 12.9. The van der Waals surface area contributed by atoms with Gasteiger partial charge in [-0.1, -0.05) is 13.0 Å². The van der Waals surface area contributed by atoms with Crippen molar-refractivity contribution in [3.05, 3.63) is 29.3 Å². The fraction of sp³-hybridized carbons (Fsp3) is 0.429. The van der Waals surface area contributed by atoms with Crippen LogP contribution in [0.4, 0.5) is 5.69 Å². The molecule has 1 aromatic rings. The number of anilines is 1. The lowest BCUT2D eigenvalue weighted by molar-refractivity contribution is -0.124. The van der Waals surface area contributed by atoms with E-state index < -0.39 is 5.91 Å². The number of hydrogen-bond acceptors (Lipinski definition) is 4. The van der Waals surface area contributed by atoms with Crippen LogP contribution in [-0.2, 0) is 11.3 Å². The standard InChI is InChI=1S/C14H22N4O2/c1-9(14(20)17-2)7-18(3)8-11-5-4-10(13(16)19)6-12(11)15/h4-6,9H,7-8,15H2,1-3H3,(H2,16,19)(H,17,20). The molecule has 0 saturated carbocycles. The molecule has 1 aromatic carbocycles. The van der Waals surface area contributed by atoms with E-state index in [2.05, 4.69) is 5.32 Å². The van der Waals surface area contributed by atoms with E-state index in [1.165, 1.54) is 0 Å². The second-order valence-electron chi connectivity index (χ2n) is 4.99. The van der Waals surface area contributed by atoms with E-state index in [0.717, 1.165) is 5.56 Å². The summed E-state index contributed by atoms with van der Waals surface area (Å²) in [6, 6.07) is 5.02. The van der Waals surface area contributed by atoms with Gasteiger partial charge in [0.15, 0.2) is 0 Å². The number of nitrogens with two attached hydrogens (primary N) is 2. The number of rotatable bonds is 6. The molecule has 0 saturated heterocycles. The molecule has 0 bridgehead atoms. The summed E-state index contributed by atoms with van der Waals surface area (Å²) in [7, 11) is 3.54. The van der Waals surface area contributed by atoms with Crippen LogP contribution in [-0.4, -0.2) is 37.4 Å². The van der Waals surface area contributed by atoms with Crippen molar-refractivity contribution in [2.75, 3.05) is 26.4 Å². The van der Waals surface area contributed by atoms with Gasteiger partial charge in [-0.3, -0.25) is 9.59 Å². The van der Waals surface area contributed by atoms with Gasteiger partial charge >= 0.3 is 0 Å². The first-order valence-corrected chi connectivity index (χ1v) is 6.43. The molecule has 1 rings (SSSR count). The van der Waals surface area contributed by atoms with Gasteiger partial charge in [-0.25, -0.2) is 0 Å². The normalized spacial score (nSPS) is 12.2. The molecular formula is C14H22N4O2. The molecule has 0 heterocycles. The second kappa shape index (κ2) is 6.91. The molecule has 0 aliphatic heterocycles. The zero-order valence-corrected chi connectivity index (χ0v) is 12.1. The summed E-state index contributed by atoms with van der Waals surface area (Å²) in [6.45, 7) is 3.10. The Labute approximate surface area is 119 Å². The van der Waals surface area contributed by atoms with Gasteiger partial charge in [0.05, 0.1) is 0 Å². The quantitative estimate of drug-likeness (QED) is 0.646. The molecular weight excluding hydrogens is 256 g/mol. The van der Waals surface area contributed by atoms with E-state index in [1.54, 1.807) is 25.2 Å². The summed E-state index contributed by atoms with van der Waals surface area (Å²) in [6.07, 6.45) is 0. The maximum Gasteiger partial charge on any atom is 0.248 e. The van der Waals surface area contributed by atoms with Crippen LogP contribution in [0.5, 0.6) is 0 Å². The minimum Gasteiger partial charge on any atom is -0.398 e. The number of nitrogen functional groups attached to an aromatic ring is 1. The summed E-state index contributed by atoms with van der Waals surface area (Å²) >= 11 is 0. The average molecular weight is 278 g/mol. The predicted molar refractivity (Wildman–Crippen MR) is 78.9 cm³/mol. The Hall–Kier alpha value is -2.08. The largest absolute Gasteiger partial charge is 0.398 e. The van der Waals surface area contributed by atoms with Crippen molar-refractivity contribution in [3.63, 3.8) is 0 Å². The van der Waals surface area contributed by atoms with Gasteiger partial charge < -0.3 is 21.7 Å². The van der Waals surface area contributed by atoms with Gasteiger partial charge in [0.25, 0.3) is 0 Å². The Morgan fingerprint density at radius 2 is 2.05 bits per heavy atom. The third-order valence-corrected chi connectivity index (χ3v) is 3.15. The summed E-state index contributed by atoms with van der Waals surface area (Å²) in [4.78, 5) is 24.5. The van der Waals surface area contributed by atoms with Crippen LogP contribution < -0.4 is 16.8 Å². The Kier molecular flexibility index (Phi) is 5.52. The highest BCUT2D eigenvalue weighted by Gasteiger charge is 2.14. The Morgan fingerprint density at radius 3 is 2.55 bits per heavy atom. The summed E-state index contributed by atoms with van der Waals surface area (Å²) < 4.78 is 0. The van der Waals surface area contributed by atoms with Crippen molar-refractivity contribution in [3.8, 4) is 0 Å². The van der Waals surface area contributed by atoms with Crippen molar-refractivity contribution >= 4 is 17.5 Å². The van der Waals surface area contributed by atoms with Crippen LogP contribution in [0.25, 0.3) is 0 Å². The maximum atomic E-state index is 11.5. The molecule has 20 heavy (non-hydrogen) atoms. The van der Waals surface area contributed by atoms with Gasteiger partial charge in [-0.2, -0.15) is 0 Å². The number of nitrogens with one attached hydrogen (secondary N) is 1. The number of amides is 2. The second-order valence-corrected chi connectivity index (χ2v) is 4.99. The Balaban J connectivity index is 2.69. The van der Waals surface area contributed by atoms with Crippen molar-refractivity contribution in [2.45, 2.75) is 13.5 Å². The molecule has 0 radical (unpaired) electrons. The predicted octanol–water partition coefficient (Wildman–Crippen LogP) is 0.182. The lowest BCUT2D eigenvalue weighted by Gasteiger charge is -2.21. The van der Waals surface area contributed by atoms with Crippen LogP contribution in [0.15, 0.2) is 18.2 Å². The number of primary amides is 1. The highest BCUT2D eigenvalue weighted by atomic mass is 16.2. The Bertz CT molecular complexity index is 502. The summed E-state index contributed by atoms with van der Waals surface area (Å²) in [5, 5.41) is 2.62. The van der Waals surface area contributed by atoms with E-state index in [-0.39, 0.29) is 11.8 Å². The van der Waals surface area contributed by atoms with E-state index in [1.807, 2.05) is 18.9 Å². The SMILES string of the molecule is CNC(=O)C(C)CN(C)Cc1ccc(C(N)=O)cc1N. The Morgan fingerprint density at radius 1 is 1.40 bits per heavy atom. The number of carbonyl (C=O) groups is 2. The van der Waals surface area contributed by atoms with Gasteiger partial charge in [0.1, 0.15) is 0 Å². The first-order chi connectivity index (χ1) is 9.35. The van der Waals surface area contributed by atoms with Crippen LogP contribution in [0.1, 0.15) is 22.8 Å². The highest BCUT2D eigenvalue weighted by Crippen LogP contribution is 2.16. The molecule has 1 unspecified atom stereocenters. The van der Waals surface area contributed by atoms with E-state index in [4.69, 9.17) is 11.5 Å². The van der Waals surface area contributed by atoms with Gasteiger partial charge in [0.2, 0.25) is 11.8 Å². The smallest absolute Gasteiger partial charge is 0.248 e. The highest BCUT2D eigenvalue weighted by molar-refractivity contribution is 5.93. The minimum absolute atomic E-state index is 0.00824. The van der Waals surface area contributed by atoms with Crippen molar-refractivity contribution < 1.29 is 9.59 Å². The monoisotopic (exact) mass is 278 g/mol. The molecule has 0 aliphatic rings. The topological polar surface area (TPSA) is 101 Å². The molecule has 2 amide bonds. The first-order valence-electron chi connectivity index (χ1n) is 6.43. The third kappa shape index (κ3) is 4.24. The van der Waals surface area contributed by atoms with Gasteiger partial charge in [-0.05, 0) is 24.7 Å². The van der Waals surface area contributed by atoms with Crippen molar-refractivity contribution in [1.82, 2.24) is 10.2 Å². The number of hydrogen-bond donors (Lipinski definition) is 3. The zero-order chi connectivity index (χ0) is 15.3. The molecule has 6 heteroatoms. The average Bonchev–Trinajstić information content (AvgIpc) is 2.39. The van der Waals surface area contributed by atoms with Gasteiger partial charge in [0, 0.05) is 37.3 Å². The van der Waals surface area contributed by atoms with E-state index in [9.17, 15) is 9.59 Å². The fourth-order valence-electron chi connectivity index (χ4n) is 2.04. The molecule has 0 spiro atoms. The zero-order valence-electron chi connectivity index (χ0n) is 12.1. The molecule has 0 aliphatic carbocycles. The lowest BCUT2D eigenvalue weighted by atomic mass is 10.1. The number of benzene rings is 1. The summed E-state index contributed by atoms with van der Waals surface area (Å²) in [5.74, 6) is -0.588. The molecule has 6 nitrogen and oxygen atoms in total. The minimum atomic E-state index is -0.496. The van der Waals surface area contributed by atoms with Gasteiger partial charge in [-0.15, -0.1) is 0 Å². The van der Waals surface area contributed by atoms with E-state index >= 15 is 0 Å². The third-order valence-electron chi connectivity index (χ3n) is 3.15. The molecule has 110 valence electrons. The molecule has 0 aromatic heterocycles. The van der Waals surface area contributed by atoms with E-state index in [0.29, 0.717) is 24.3 Å². The van der Waals surface area contributed by atoms with Crippen molar-refractivity contribution in [1.29, 1.82) is 0 Å². The molecule has 0 fully saturated rings. The molecule has 5 N–H and O–H groups in total. The van der Waals surface area contributed by atoms with Crippen LogP contribution in [0.3, 0.4) is 0 Å². The molecule has 1 atom stereocenters. The number of nitrogens with zero attached hydrogens (tertiary/aromatic N) is 1. The lowest BCUT2D eigenvalue weighted by Crippen LogP contribution is -2.34. The van der Waals surface area contributed by atoms with Crippen LogP contribution in [0, 0.1) is 5.92 Å². The first kappa shape index (κ1) is 16.0. The maximum absolute atomic E-state index is 11.5. The fourth-order valence-corrected chi connectivity index (χ4v) is 2.04. The van der Waals surface area contributed by atoms with Crippen molar-refractivity contribution in [2.24, 2.45) is 11.7 Å².